The van der Waals surface area contributed by atoms with Gasteiger partial charge in [0.25, 0.3) is 0 Å². The number of hydrogen-bond acceptors (Lipinski definition) is 3. The number of methoxy groups -OCH3 is 1. The number of rotatable bonds is 3. The van der Waals surface area contributed by atoms with Crippen LogP contribution >= 0.6 is 22.9 Å². The molecule has 90 valence electrons. The molecule has 1 atom stereocenters. The second-order valence-corrected chi connectivity index (χ2v) is 4.84. The summed E-state index contributed by atoms with van der Waals surface area (Å²) in [5.41, 5.74) is 0.394. The Bertz CT molecular complexity index is 527. The van der Waals surface area contributed by atoms with Gasteiger partial charge >= 0.3 is 0 Å². The Balaban J connectivity index is 2.42. The van der Waals surface area contributed by atoms with Crippen LogP contribution in [0.1, 0.15) is 16.5 Å². The lowest BCUT2D eigenvalue weighted by Crippen LogP contribution is -2.01. The topological polar surface area (TPSA) is 29.5 Å². The minimum absolute atomic E-state index is 0.394. The van der Waals surface area contributed by atoms with E-state index < -0.39 is 11.9 Å². The summed E-state index contributed by atoms with van der Waals surface area (Å²) in [4.78, 5) is 0.652. The van der Waals surface area contributed by atoms with Crippen LogP contribution in [-0.2, 0) is 0 Å². The summed E-state index contributed by atoms with van der Waals surface area (Å²) < 4.78 is 18.3. The third-order valence-corrected chi connectivity index (χ3v) is 3.68. The molecule has 1 aromatic heterocycles. The number of aliphatic hydroxyl groups is 1. The maximum absolute atomic E-state index is 13.2. The van der Waals surface area contributed by atoms with Crippen molar-refractivity contribution in [1.29, 1.82) is 0 Å². The lowest BCUT2D eigenvalue weighted by atomic mass is 10.1. The van der Waals surface area contributed by atoms with Gasteiger partial charge in [0, 0.05) is 15.8 Å². The van der Waals surface area contributed by atoms with E-state index in [1.165, 1.54) is 36.6 Å². The van der Waals surface area contributed by atoms with E-state index in [2.05, 4.69) is 0 Å². The van der Waals surface area contributed by atoms with Gasteiger partial charge in [-0.05, 0) is 24.3 Å². The number of hydrogen-bond donors (Lipinski definition) is 1. The molecule has 5 heteroatoms. The van der Waals surface area contributed by atoms with Gasteiger partial charge in [-0.2, -0.15) is 0 Å². The smallest absolute Gasteiger partial charge is 0.125 e. The van der Waals surface area contributed by atoms with Gasteiger partial charge in [-0.1, -0.05) is 11.6 Å². The molecular formula is C12H10ClFO2S. The molecule has 0 aliphatic heterocycles. The first-order chi connectivity index (χ1) is 8.11. The van der Waals surface area contributed by atoms with Gasteiger partial charge in [0.2, 0.25) is 0 Å². The van der Waals surface area contributed by atoms with Gasteiger partial charge in [0.15, 0.2) is 0 Å². The molecule has 1 unspecified atom stereocenters. The Hall–Kier alpha value is -1.10. The predicted molar refractivity (Wildman–Crippen MR) is 66.3 cm³/mol. The Kier molecular flexibility index (Phi) is 3.66. The minimum atomic E-state index is -0.932. The Morgan fingerprint density at radius 2 is 2.18 bits per heavy atom. The molecule has 0 saturated carbocycles. The summed E-state index contributed by atoms with van der Waals surface area (Å²) in [6, 6.07) is 5.69. The monoisotopic (exact) mass is 272 g/mol. The van der Waals surface area contributed by atoms with E-state index >= 15 is 0 Å². The molecule has 17 heavy (non-hydrogen) atoms. The quantitative estimate of drug-likeness (QED) is 0.924. The molecule has 0 saturated heterocycles. The first-order valence-electron chi connectivity index (χ1n) is 4.87. The van der Waals surface area contributed by atoms with E-state index in [9.17, 15) is 9.50 Å². The third kappa shape index (κ3) is 2.60. The maximum Gasteiger partial charge on any atom is 0.125 e. The molecule has 0 amide bonds. The van der Waals surface area contributed by atoms with Gasteiger partial charge in [0.05, 0.1) is 12.1 Å². The summed E-state index contributed by atoms with van der Waals surface area (Å²) in [6.45, 7) is 0. The average molecular weight is 273 g/mol. The van der Waals surface area contributed by atoms with E-state index in [1.54, 1.807) is 11.4 Å². The highest BCUT2D eigenvalue weighted by molar-refractivity contribution is 7.10. The molecule has 0 spiro atoms. The van der Waals surface area contributed by atoms with Crippen LogP contribution in [-0.4, -0.2) is 12.2 Å². The van der Waals surface area contributed by atoms with Crippen molar-refractivity contribution in [3.05, 3.63) is 50.9 Å². The van der Waals surface area contributed by atoms with Crippen LogP contribution < -0.4 is 4.74 Å². The van der Waals surface area contributed by atoms with Gasteiger partial charge in [-0.15, -0.1) is 11.3 Å². The van der Waals surface area contributed by atoms with Gasteiger partial charge in [-0.25, -0.2) is 4.39 Å². The summed E-state index contributed by atoms with van der Waals surface area (Å²) in [5, 5.41) is 12.4. The molecular weight excluding hydrogens is 263 g/mol. The van der Waals surface area contributed by atoms with Gasteiger partial charge < -0.3 is 9.84 Å². The molecule has 1 aromatic carbocycles. The molecule has 1 heterocycles. The summed E-state index contributed by atoms with van der Waals surface area (Å²) in [6.07, 6.45) is -0.932. The van der Waals surface area contributed by atoms with Crippen LogP contribution in [0.2, 0.25) is 5.02 Å². The normalized spacial score (nSPS) is 12.5. The Morgan fingerprint density at radius 3 is 2.76 bits per heavy atom. The van der Waals surface area contributed by atoms with Crippen molar-refractivity contribution in [2.75, 3.05) is 7.11 Å². The molecule has 0 radical (unpaired) electrons. The zero-order valence-corrected chi connectivity index (χ0v) is 10.6. The summed E-state index contributed by atoms with van der Waals surface area (Å²) in [5.74, 6) is 0.0333. The lowest BCUT2D eigenvalue weighted by Gasteiger charge is -2.13. The number of halogens is 2. The fourth-order valence-electron chi connectivity index (χ4n) is 1.54. The maximum atomic E-state index is 13.2. The molecule has 0 aliphatic carbocycles. The second-order valence-electron chi connectivity index (χ2n) is 3.46. The fourth-order valence-corrected chi connectivity index (χ4v) is 2.63. The van der Waals surface area contributed by atoms with Gasteiger partial charge in [-0.3, -0.25) is 0 Å². The zero-order valence-electron chi connectivity index (χ0n) is 8.98. The van der Waals surface area contributed by atoms with E-state index in [0.29, 0.717) is 21.2 Å². The van der Waals surface area contributed by atoms with E-state index in [0.717, 1.165) is 0 Å². The van der Waals surface area contributed by atoms with E-state index in [4.69, 9.17) is 16.3 Å². The third-order valence-electron chi connectivity index (χ3n) is 2.34. The highest BCUT2D eigenvalue weighted by Crippen LogP contribution is 2.34. The van der Waals surface area contributed by atoms with Crippen LogP contribution in [0.4, 0.5) is 4.39 Å². The lowest BCUT2D eigenvalue weighted by molar-refractivity contribution is 0.218. The number of aliphatic hydroxyl groups excluding tert-OH is 1. The Labute approximate surface area is 107 Å². The second kappa shape index (κ2) is 5.04. The van der Waals surface area contributed by atoms with E-state index in [1.807, 2.05) is 0 Å². The zero-order chi connectivity index (χ0) is 12.4. The minimum Gasteiger partial charge on any atom is -0.496 e. The van der Waals surface area contributed by atoms with Crippen LogP contribution in [0.5, 0.6) is 5.75 Å². The number of ether oxygens (including phenoxy) is 1. The first kappa shape index (κ1) is 12.4. The van der Waals surface area contributed by atoms with E-state index in [-0.39, 0.29) is 0 Å². The Morgan fingerprint density at radius 1 is 1.41 bits per heavy atom. The SMILES string of the molecule is COc1ccc(F)cc1C(O)c1cc(Cl)cs1. The summed E-state index contributed by atoms with van der Waals surface area (Å²) in [7, 11) is 1.48. The molecule has 2 nitrogen and oxygen atoms in total. The molecule has 0 bridgehead atoms. The fraction of sp³-hybridized carbons (Fsp3) is 0.167. The van der Waals surface area contributed by atoms with Crippen molar-refractivity contribution in [2.45, 2.75) is 6.10 Å². The van der Waals surface area contributed by atoms with Crippen molar-refractivity contribution in [3.63, 3.8) is 0 Å². The van der Waals surface area contributed by atoms with Gasteiger partial charge in [0.1, 0.15) is 17.7 Å². The van der Waals surface area contributed by atoms with Crippen molar-refractivity contribution in [1.82, 2.24) is 0 Å². The van der Waals surface area contributed by atoms with Crippen molar-refractivity contribution >= 4 is 22.9 Å². The highest BCUT2D eigenvalue weighted by Gasteiger charge is 2.18. The molecule has 2 rings (SSSR count). The largest absolute Gasteiger partial charge is 0.496 e. The summed E-state index contributed by atoms with van der Waals surface area (Å²) >= 11 is 7.11. The van der Waals surface area contributed by atoms with Crippen molar-refractivity contribution in [3.8, 4) is 5.75 Å². The molecule has 1 N–H and O–H groups in total. The highest BCUT2D eigenvalue weighted by atomic mass is 35.5. The van der Waals surface area contributed by atoms with Crippen LogP contribution in [0.15, 0.2) is 29.6 Å². The first-order valence-corrected chi connectivity index (χ1v) is 6.13. The molecule has 0 fully saturated rings. The predicted octanol–water partition coefficient (Wildman–Crippen LogP) is 3.63. The molecule has 0 aliphatic rings. The van der Waals surface area contributed by atoms with Crippen molar-refractivity contribution < 1.29 is 14.2 Å². The van der Waals surface area contributed by atoms with Crippen molar-refractivity contribution in [2.24, 2.45) is 0 Å². The number of thiophene rings is 1. The average Bonchev–Trinajstić information content (AvgIpc) is 2.75. The standard InChI is InChI=1S/C12H10ClFO2S/c1-16-10-3-2-8(14)5-9(10)12(15)11-4-7(13)6-17-11/h2-6,12,15H,1H3. The number of benzene rings is 1. The van der Waals surface area contributed by atoms with Crippen LogP contribution in [0.3, 0.4) is 0 Å². The van der Waals surface area contributed by atoms with Crippen LogP contribution in [0, 0.1) is 5.82 Å². The molecule has 2 aromatic rings. The van der Waals surface area contributed by atoms with Crippen LogP contribution in [0.25, 0.3) is 0 Å².